The first-order valence-electron chi connectivity index (χ1n) is 7.79. The minimum absolute atomic E-state index is 0. The maximum absolute atomic E-state index is 12.6. The number of phenols is 1. The van der Waals surface area contributed by atoms with Crippen molar-refractivity contribution >= 4 is 30.8 Å². The first kappa shape index (κ1) is 24.8. The Labute approximate surface area is 162 Å². The molecule has 1 atom stereocenters. The van der Waals surface area contributed by atoms with Gasteiger partial charge in [-0.3, -0.25) is 9.69 Å². The summed E-state index contributed by atoms with van der Waals surface area (Å²) in [6, 6.07) is 3.93. The van der Waals surface area contributed by atoms with Crippen molar-refractivity contribution in [3.8, 4) is 11.5 Å². The number of nitrogens with zero attached hydrogens (tertiary/aromatic N) is 1. The van der Waals surface area contributed by atoms with Gasteiger partial charge in [0.2, 0.25) is 0 Å². The van der Waals surface area contributed by atoms with Gasteiger partial charge < -0.3 is 15.2 Å². The lowest BCUT2D eigenvalue weighted by atomic mass is 9.98. The van der Waals surface area contributed by atoms with Crippen LogP contribution in [0.4, 0.5) is 13.2 Å². The van der Waals surface area contributed by atoms with Crippen molar-refractivity contribution < 1.29 is 27.8 Å². The summed E-state index contributed by atoms with van der Waals surface area (Å²) in [6.07, 6.45) is -5.21. The van der Waals surface area contributed by atoms with Gasteiger partial charge in [0.05, 0.1) is 0 Å². The van der Waals surface area contributed by atoms with E-state index in [0.717, 1.165) is 0 Å². The molecule has 0 bridgehead atoms. The molecule has 1 aliphatic rings. The third-order valence-electron chi connectivity index (χ3n) is 3.92. The summed E-state index contributed by atoms with van der Waals surface area (Å²) in [5.41, 5.74) is 0.578. The molecule has 2 N–H and O–H groups in total. The van der Waals surface area contributed by atoms with E-state index in [-0.39, 0.29) is 42.7 Å². The van der Waals surface area contributed by atoms with E-state index in [1.54, 1.807) is 6.07 Å². The van der Waals surface area contributed by atoms with Gasteiger partial charge in [-0.1, -0.05) is 6.07 Å². The van der Waals surface area contributed by atoms with Crippen LogP contribution >= 0.6 is 24.8 Å². The quantitative estimate of drug-likeness (QED) is 0.566. The van der Waals surface area contributed by atoms with Crippen LogP contribution in [-0.2, 0) is 4.79 Å². The highest BCUT2D eigenvalue weighted by Crippen LogP contribution is 2.35. The van der Waals surface area contributed by atoms with E-state index < -0.39 is 24.6 Å². The monoisotopic (exact) mass is 418 g/mol. The molecule has 0 aromatic heterocycles. The highest BCUT2D eigenvalue weighted by atomic mass is 35.5. The van der Waals surface area contributed by atoms with E-state index in [0.29, 0.717) is 31.7 Å². The molecule has 1 heterocycles. The zero-order valence-corrected chi connectivity index (χ0v) is 15.8. The van der Waals surface area contributed by atoms with Crippen LogP contribution in [0, 0.1) is 0 Å². The minimum atomic E-state index is -4.23. The van der Waals surface area contributed by atoms with Gasteiger partial charge in [0.1, 0.15) is 0 Å². The average Bonchev–Trinajstić information content (AvgIpc) is 2.49. The number of carbonyl (C=O) groups is 1. The van der Waals surface area contributed by atoms with Crippen LogP contribution in [0.5, 0.6) is 11.5 Å². The maximum atomic E-state index is 12.6. The zero-order valence-electron chi connectivity index (χ0n) is 14.2. The number of halogens is 5. The number of rotatable bonds is 5. The summed E-state index contributed by atoms with van der Waals surface area (Å²) in [5.74, 6) is -0.829. The topological polar surface area (TPSA) is 61.8 Å². The number of aromatic hydroxyl groups is 1. The Balaban J connectivity index is 0.00000312. The minimum Gasteiger partial charge on any atom is -0.504 e. The third-order valence-corrected chi connectivity index (χ3v) is 3.92. The van der Waals surface area contributed by atoms with Crippen LogP contribution in [-0.4, -0.2) is 48.3 Å². The molecule has 150 valence electrons. The van der Waals surface area contributed by atoms with Crippen molar-refractivity contribution in [2.45, 2.75) is 32.0 Å². The van der Waals surface area contributed by atoms with Gasteiger partial charge in [-0.2, -0.15) is 13.2 Å². The number of hydrogen-bond donors (Lipinski definition) is 2. The van der Waals surface area contributed by atoms with E-state index in [2.05, 4.69) is 5.32 Å². The Kier molecular flexibility index (Phi) is 10.3. The first-order chi connectivity index (χ1) is 11.3. The second-order valence-corrected chi connectivity index (χ2v) is 5.78. The van der Waals surface area contributed by atoms with Crippen LogP contribution in [0.15, 0.2) is 18.2 Å². The fourth-order valence-electron chi connectivity index (χ4n) is 2.84. The van der Waals surface area contributed by atoms with Gasteiger partial charge in [-0.25, -0.2) is 0 Å². The predicted molar refractivity (Wildman–Crippen MR) is 96.4 cm³/mol. The van der Waals surface area contributed by atoms with Crippen molar-refractivity contribution in [2.75, 3.05) is 26.2 Å². The summed E-state index contributed by atoms with van der Waals surface area (Å²) in [7, 11) is 0. The summed E-state index contributed by atoms with van der Waals surface area (Å²) in [4.78, 5) is 12.9. The van der Waals surface area contributed by atoms with Crippen molar-refractivity contribution in [3.05, 3.63) is 23.8 Å². The molecule has 0 aliphatic carbocycles. The van der Waals surface area contributed by atoms with E-state index in [9.17, 15) is 23.1 Å². The van der Waals surface area contributed by atoms with E-state index >= 15 is 0 Å². The van der Waals surface area contributed by atoms with Crippen molar-refractivity contribution in [2.24, 2.45) is 0 Å². The van der Waals surface area contributed by atoms with Gasteiger partial charge in [-0.15, -0.1) is 24.8 Å². The molecule has 1 saturated heterocycles. The molecule has 0 amide bonds. The van der Waals surface area contributed by atoms with Gasteiger partial charge in [0.15, 0.2) is 11.5 Å². The van der Waals surface area contributed by atoms with Crippen LogP contribution in [0.3, 0.4) is 0 Å². The number of carbonyl (C=O) groups excluding carboxylic acids is 1. The average molecular weight is 419 g/mol. The molecule has 0 unspecified atom stereocenters. The smallest absolute Gasteiger partial charge is 0.389 e. The fourth-order valence-corrected chi connectivity index (χ4v) is 2.84. The Hall–Kier alpha value is -1.22. The van der Waals surface area contributed by atoms with E-state index in [1.165, 1.54) is 19.1 Å². The van der Waals surface area contributed by atoms with Crippen LogP contribution in [0.1, 0.15) is 31.4 Å². The predicted octanol–water partition coefficient (Wildman–Crippen LogP) is 3.45. The second-order valence-electron chi connectivity index (χ2n) is 5.78. The van der Waals surface area contributed by atoms with Gasteiger partial charge in [-0.05, 0) is 24.1 Å². The maximum Gasteiger partial charge on any atom is 0.389 e. The molecule has 1 fully saturated rings. The third kappa shape index (κ3) is 7.57. The van der Waals surface area contributed by atoms with Crippen LogP contribution in [0.2, 0.25) is 0 Å². The van der Waals surface area contributed by atoms with Crippen LogP contribution in [0.25, 0.3) is 0 Å². The van der Waals surface area contributed by atoms with E-state index in [4.69, 9.17) is 4.74 Å². The molecule has 2 rings (SSSR count). The lowest BCUT2D eigenvalue weighted by molar-refractivity contribution is -0.138. The fraction of sp³-hybridized carbons (Fsp3) is 0.562. The normalized spacial score (nSPS) is 16.2. The number of hydrogen-bond acceptors (Lipinski definition) is 5. The summed E-state index contributed by atoms with van der Waals surface area (Å²) < 4.78 is 42.8. The van der Waals surface area contributed by atoms with Crippen LogP contribution < -0.4 is 10.1 Å². The standard InChI is InChI=1S/C16H21F3N2O3.2ClH/c1-11(22)24-15-3-2-12(10-14(15)23)13(4-5-16(17,18)19)21-8-6-20-7-9-21;;/h2-3,10,13,20,23H,4-9H2,1H3;2*1H/t13-;;/m1../s1. The SMILES string of the molecule is CC(=O)Oc1ccc([C@@H](CCC(F)(F)F)N2CCNCC2)cc1O.Cl.Cl. The molecule has 0 saturated carbocycles. The molecule has 26 heavy (non-hydrogen) atoms. The number of phenolic OH excluding ortho intramolecular Hbond substituents is 1. The molecular weight excluding hydrogens is 396 g/mol. The Morgan fingerprint density at radius 3 is 2.42 bits per heavy atom. The first-order valence-corrected chi connectivity index (χ1v) is 7.79. The molecule has 1 aromatic rings. The number of alkyl halides is 3. The highest BCUT2D eigenvalue weighted by molar-refractivity contribution is 5.85. The van der Waals surface area contributed by atoms with Crippen molar-refractivity contribution in [1.29, 1.82) is 0 Å². The van der Waals surface area contributed by atoms with Gasteiger partial charge >= 0.3 is 12.1 Å². The molecule has 1 aliphatic heterocycles. The molecule has 1 aromatic carbocycles. The number of benzene rings is 1. The van der Waals surface area contributed by atoms with Gasteiger partial charge in [0.25, 0.3) is 0 Å². The number of ether oxygens (including phenoxy) is 1. The second kappa shape index (κ2) is 10.8. The zero-order chi connectivity index (χ0) is 17.7. The Morgan fingerprint density at radius 2 is 1.92 bits per heavy atom. The summed E-state index contributed by atoms with van der Waals surface area (Å²) in [5, 5.41) is 13.2. The number of esters is 1. The summed E-state index contributed by atoms with van der Waals surface area (Å²) in [6.45, 7) is 3.89. The molecular formula is C16H23Cl2F3N2O3. The lowest BCUT2D eigenvalue weighted by Gasteiger charge is -2.35. The Bertz CT molecular complexity index is 582. The molecule has 5 nitrogen and oxygen atoms in total. The van der Waals surface area contributed by atoms with E-state index in [1.807, 2.05) is 4.90 Å². The molecule has 10 heteroatoms. The Morgan fingerprint density at radius 1 is 1.31 bits per heavy atom. The highest BCUT2D eigenvalue weighted by Gasteiger charge is 2.31. The van der Waals surface area contributed by atoms with Crippen molar-refractivity contribution in [1.82, 2.24) is 10.2 Å². The molecule has 0 spiro atoms. The molecule has 0 radical (unpaired) electrons. The summed E-state index contributed by atoms with van der Waals surface area (Å²) >= 11 is 0. The largest absolute Gasteiger partial charge is 0.504 e. The lowest BCUT2D eigenvalue weighted by Crippen LogP contribution is -2.45. The van der Waals surface area contributed by atoms with Crippen molar-refractivity contribution in [3.63, 3.8) is 0 Å². The number of piperazine rings is 1. The number of nitrogens with one attached hydrogen (secondary N) is 1. The van der Waals surface area contributed by atoms with Gasteiger partial charge in [0, 0.05) is 45.6 Å².